The fourth-order valence-electron chi connectivity index (χ4n) is 3.32. The minimum Gasteiger partial charge on any atom is -0.390 e. The molecule has 2 atom stereocenters. The first-order valence-electron chi connectivity index (χ1n) is 8.79. The van der Waals surface area contributed by atoms with Crippen LogP contribution < -0.4 is 5.56 Å². The number of aliphatic hydroxyl groups is 1. The van der Waals surface area contributed by atoms with Gasteiger partial charge in [-0.1, -0.05) is 13.3 Å². The molecule has 1 saturated heterocycles. The summed E-state index contributed by atoms with van der Waals surface area (Å²) in [6.07, 6.45) is 0.608. The van der Waals surface area contributed by atoms with Crippen LogP contribution in [0.3, 0.4) is 0 Å². The van der Waals surface area contributed by atoms with Gasteiger partial charge in [-0.25, -0.2) is 13.1 Å². The zero-order valence-corrected chi connectivity index (χ0v) is 16.1. The van der Waals surface area contributed by atoms with Crippen molar-refractivity contribution in [2.24, 2.45) is 0 Å². The number of hydrogen-bond acceptors (Lipinski definition) is 5. The highest BCUT2D eigenvalue weighted by Gasteiger charge is 2.40. The smallest absolute Gasteiger partial charge is 0.271 e. The molecule has 27 heavy (non-hydrogen) atoms. The standard InChI is InChI=1S/C18H23N3O5S/c1-3-4-13-9-17(23)21(19-13)14-7-5-12(6-8-14)18(24)20(2)15-10-27(25,26)11-16(15)22/h5-9,15-16,19,22H,3-4,10-11H2,1-2H3/t15-,16-/m1/s1. The van der Waals surface area contributed by atoms with E-state index >= 15 is 0 Å². The summed E-state index contributed by atoms with van der Waals surface area (Å²) in [6, 6.07) is 7.25. The molecule has 146 valence electrons. The third-order valence-electron chi connectivity index (χ3n) is 4.78. The van der Waals surface area contributed by atoms with E-state index in [1.807, 2.05) is 6.92 Å². The summed E-state index contributed by atoms with van der Waals surface area (Å²) in [6.45, 7) is 2.03. The number of rotatable bonds is 5. The third-order valence-corrected chi connectivity index (χ3v) is 6.48. The van der Waals surface area contributed by atoms with Gasteiger partial charge < -0.3 is 10.0 Å². The van der Waals surface area contributed by atoms with Gasteiger partial charge >= 0.3 is 0 Å². The van der Waals surface area contributed by atoms with Crippen molar-refractivity contribution >= 4 is 15.7 Å². The molecular weight excluding hydrogens is 370 g/mol. The number of aryl methyl sites for hydroxylation is 1. The first-order valence-corrected chi connectivity index (χ1v) is 10.6. The molecule has 3 rings (SSSR count). The van der Waals surface area contributed by atoms with Gasteiger partial charge in [-0.3, -0.25) is 14.7 Å². The number of nitrogens with zero attached hydrogens (tertiary/aromatic N) is 2. The molecule has 0 aliphatic carbocycles. The van der Waals surface area contributed by atoms with E-state index in [4.69, 9.17) is 0 Å². The molecule has 8 nitrogen and oxygen atoms in total. The van der Waals surface area contributed by atoms with Gasteiger partial charge in [-0.05, 0) is 30.7 Å². The summed E-state index contributed by atoms with van der Waals surface area (Å²) in [5.41, 5.74) is 1.63. The maximum atomic E-state index is 12.6. The lowest BCUT2D eigenvalue weighted by molar-refractivity contribution is 0.0581. The first kappa shape index (κ1) is 19.4. The molecule has 0 radical (unpaired) electrons. The number of benzene rings is 1. The maximum Gasteiger partial charge on any atom is 0.271 e. The highest BCUT2D eigenvalue weighted by Crippen LogP contribution is 2.20. The average molecular weight is 393 g/mol. The largest absolute Gasteiger partial charge is 0.390 e. The highest BCUT2D eigenvalue weighted by molar-refractivity contribution is 7.91. The third kappa shape index (κ3) is 3.98. The number of H-pyrrole nitrogens is 1. The van der Waals surface area contributed by atoms with Gasteiger partial charge in [0.1, 0.15) is 0 Å². The van der Waals surface area contributed by atoms with Crippen LogP contribution in [0, 0.1) is 0 Å². The predicted octanol–water partition coefficient (Wildman–Crippen LogP) is 0.348. The lowest BCUT2D eigenvalue weighted by atomic mass is 10.1. The molecule has 2 aromatic rings. The summed E-state index contributed by atoms with van der Waals surface area (Å²) in [4.78, 5) is 26.0. The van der Waals surface area contributed by atoms with Gasteiger partial charge in [-0.15, -0.1) is 0 Å². The van der Waals surface area contributed by atoms with Crippen LogP contribution in [0.15, 0.2) is 35.1 Å². The van der Waals surface area contributed by atoms with E-state index in [1.54, 1.807) is 30.3 Å². The number of sulfone groups is 1. The minimum atomic E-state index is -3.34. The van der Waals surface area contributed by atoms with Gasteiger partial charge in [0.2, 0.25) is 0 Å². The van der Waals surface area contributed by atoms with Gasteiger partial charge in [0, 0.05) is 24.4 Å². The lowest BCUT2D eigenvalue weighted by Gasteiger charge is -2.26. The SMILES string of the molecule is CCCc1cc(=O)n(-c2ccc(C(=O)N(C)[C@@H]3CS(=O)(=O)C[C@H]3O)cc2)[nH]1. The van der Waals surface area contributed by atoms with Gasteiger partial charge in [0.15, 0.2) is 9.84 Å². The van der Waals surface area contributed by atoms with E-state index < -0.39 is 22.0 Å². The van der Waals surface area contributed by atoms with Crippen molar-refractivity contribution in [3.63, 3.8) is 0 Å². The molecule has 1 amide bonds. The van der Waals surface area contributed by atoms with Crippen molar-refractivity contribution in [1.82, 2.24) is 14.7 Å². The van der Waals surface area contributed by atoms with Gasteiger partial charge in [0.25, 0.3) is 11.5 Å². The molecular formula is C18H23N3O5S. The molecule has 1 aliphatic rings. The molecule has 2 heterocycles. The second kappa shape index (κ2) is 7.32. The summed E-state index contributed by atoms with van der Waals surface area (Å²) in [5.74, 6) is -0.954. The number of aliphatic hydroxyl groups excluding tert-OH is 1. The van der Waals surface area contributed by atoms with Crippen LogP contribution in [-0.4, -0.2) is 64.8 Å². The Morgan fingerprint density at radius 1 is 1.30 bits per heavy atom. The van der Waals surface area contributed by atoms with E-state index in [1.165, 1.54) is 16.6 Å². The van der Waals surface area contributed by atoms with Crippen molar-refractivity contribution in [2.45, 2.75) is 31.9 Å². The van der Waals surface area contributed by atoms with E-state index in [-0.39, 0.29) is 23.0 Å². The minimum absolute atomic E-state index is 0.172. The number of carbonyl (C=O) groups excluding carboxylic acids is 1. The van der Waals surface area contributed by atoms with E-state index in [0.29, 0.717) is 11.3 Å². The van der Waals surface area contributed by atoms with Crippen molar-refractivity contribution in [3.8, 4) is 5.69 Å². The molecule has 0 saturated carbocycles. The molecule has 2 N–H and O–H groups in total. The number of hydrogen-bond donors (Lipinski definition) is 2. The maximum absolute atomic E-state index is 12.6. The summed E-state index contributed by atoms with van der Waals surface area (Å²) >= 11 is 0. The zero-order valence-electron chi connectivity index (χ0n) is 15.3. The summed E-state index contributed by atoms with van der Waals surface area (Å²) in [7, 11) is -1.86. The number of amides is 1. The predicted molar refractivity (Wildman–Crippen MR) is 101 cm³/mol. The van der Waals surface area contributed by atoms with Crippen molar-refractivity contribution < 1.29 is 18.3 Å². The Balaban J connectivity index is 1.79. The Labute approximate surface area is 157 Å². The fourth-order valence-corrected chi connectivity index (χ4v) is 5.17. The molecule has 0 bridgehead atoms. The van der Waals surface area contributed by atoms with E-state index in [0.717, 1.165) is 18.5 Å². The Morgan fingerprint density at radius 2 is 1.96 bits per heavy atom. The Morgan fingerprint density at radius 3 is 2.52 bits per heavy atom. The fraction of sp³-hybridized carbons (Fsp3) is 0.444. The molecule has 0 unspecified atom stereocenters. The average Bonchev–Trinajstić information content (AvgIpc) is 3.12. The van der Waals surface area contributed by atoms with E-state index in [9.17, 15) is 23.1 Å². The van der Waals surface area contributed by atoms with Gasteiger partial charge in [-0.2, -0.15) is 0 Å². The molecule has 0 spiro atoms. The Hall–Kier alpha value is -2.39. The Kier molecular flexibility index (Phi) is 5.25. The zero-order chi connectivity index (χ0) is 19.8. The van der Waals surface area contributed by atoms with Crippen LogP contribution in [0.5, 0.6) is 0 Å². The number of aromatic amines is 1. The molecule has 9 heteroatoms. The molecule has 1 aromatic heterocycles. The van der Waals surface area contributed by atoms with Crippen LogP contribution in [-0.2, 0) is 16.3 Å². The van der Waals surface area contributed by atoms with Crippen LogP contribution in [0.25, 0.3) is 5.69 Å². The molecule has 1 aliphatic heterocycles. The molecule has 1 aromatic carbocycles. The summed E-state index contributed by atoms with van der Waals surface area (Å²) in [5, 5.41) is 13.0. The van der Waals surface area contributed by atoms with Crippen molar-refractivity contribution in [2.75, 3.05) is 18.6 Å². The second-order valence-corrected chi connectivity index (χ2v) is 9.03. The van der Waals surface area contributed by atoms with Crippen molar-refractivity contribution in [1.29, 1.82) is 0 Å². The van der Waals surface area contributed by atoms with E-state index in [2.05, 4.69) is 5.10 Å². The quantitative estimate of drug-likeness (QED) is 0.761. The van der Waals surface area contributed by atoms with Crippen LogP contribution >= 0.6 is 0 Å². The van der Waals surface area contributed by atoms with Crippen LogP contribution in [0.2, 0.25) is 0 Å². The lowest BCUT2D eigenvalue weighted by Crippen LogP contribution is -2.44. The normalized spacial score (nSPS) is 21.3. The monoisotopic (exact) mass is 393 g/mol. The highest BCUT2D eigenvalue weighted by atomic mass is 32.2. The topological polar surface area (TPSA) is 112 Å². The first-order chi connectivity index (χ1) is 12.7. The second-order valence-electron chi connectivity index (χ2n) is 6.88. The Bertz CT molecular complexity index is 991. The molecule has 1 fully saturated rings. The number of aromatic nitrogens is 2. The van der Waals surface area contributed by atoms with Crippen LogP contribution in [0.1, 0.15) is 29.4 Å². The summed E-state index contributed by atoms with van der Waals surface area (Å²) < 4.78 is 24.7. The number of carbonyl (C=O) groups is 1. The van der Waals surface area contributed by atoms with Crippen molar-refractivity contribution in [3.05, 3.63) is 51.9 Å². The van der Waals surface area contributed by atoms with Gasteiger partial charge in [0.05, 0.1) is 29.3 Å². The number of nitrogens with one attached hydrogen (secondary N) is 1. The number of likely N-dealkylation sites (N-methyl/N-ethyl adjacent to an activating group) is 1. The van der Waals surface area contributed by atoms with Crippen LogP contribution in [0.4, 0.5) is 0 Å².